The fraction of sp³-hybridized carbons (Fsp3) is 0.294. The molecule has 2 aromatic carbocycles. The van der Waals surface area contributed by atoms with E-state index in [1.165, 1.54) is 12.1 Å². The number of benzene rings is 2. The smallest absolute Gasteiger partial charge is 0.519 e. The largest absolute Gasteiger partial charge is 0.744 e. The minimum absolute atomic E-state index is 0.00745. The number of hydrogen-bond acceptors (Lipinski definition) is 6. The van der Waals surface area contributed by atoms with E-state index in [1.54, 1.807) is 26.4 Å². The SMILES string of the molecule is COc1ccc([I+]O)c([C@H](C)OC)c1.Cc1ccc(S(=O)(=O)[O-])cc1. The van der Waals surface area contributed by atoms with Crippen LogP contribution in [0.15, 0.2) is 47.4 Å². The van der Waals surface area contributed by atoms with E-state index in [2.05, 4.69) is 0 Å². The van der Waals surface area contributed by atoms with Gasteiger partial charge in [-0.2, -0.15) is 3.44 Å². The van der Waals surface area contributed by atoms with Crippen molar-refractivity contribution in [1.29, 1.82) is 0 Å². The van der Waals surface area contributed by atoms with Crippen LogP contribution in [0.1, 0.15) is 24.2 Å². The first-order valence-corrected chi connectivity index (χ1v) is 10.7. The molecule has 1 N–H and O–H groups in total. The highest BCUT2D eigenvalue weighted by Gasteiger charge is 2.20. The molecule has 0 aliphatic heterocycles. The first kappa shape index (κ1) is 21.8. The zero-order valence-electron chi connectivity index (χ0n) is 14.4. The number of methoxy groups -OCH3 is 2. The molecule has 2 rings (SSSR count). The molecule has 0 bridgehead atoms. The summed E-state index contributed by atoms with van der Waals surface area (Å²) < 4.78 is 51.7. The second-order valence-corrected chi connectivity index (χ2v) is 8.14. The molecule has 8 heteroatoms. The molecule has 2 aromatic rings. The van der Waals surface area contributed by atoms with E-state index in [-0.39, 0.29) is 11.0 Å². The summed E-state index contributed by atoms with van der Waals surface area (Å²) in [6.07, 6.45) is -0.00745. The van der Waals surface area contributed by atoms with Gasteiger partial charge < -0.3 is 14.0 Å². The molecule has 0 amide bonds. The third-order valence-electron chi connectivity index (χ3n) is 3.40. The number of aryl methyl sites for hydroxylation is 1. The molecule has 0 radical (unpaired) electrons. The molecule has 0 spiro atoms. The molecular formula is C17H21IO6S. The van der Waals surface area contributed by atoms with Crippen LogP contribution in [0.3, 0.4) is 0 Å². The van der Waals surface area contributed by atoms with Gasteiger partial charge in [0.1, 0.15) is 15.9 Å². The van der Waals surface area contributed by atoms with Crippen molar-refractivity contribution in [1.82, 2.24) is 0 Å². The van der Waals surface area contributed by atoms with Crippen LogP contribution >= 0.6 is 0 Å². The maximum Gasteiger partial charge on any atom is 0.519 e. The van der Waals surface area contributed by atoms with Crippen molar-refractivity contribution in [3.8, 4) is 5.75 Å². The summed E-state index contributed by atoms with van der Waals surface area (Å²) in [5.74, 6) is 0.796. The lowest BCUT2D eigenvalue weighted by Gasteiger charge is -2.10. The van der Waals surface area contributed by atoms with Gasteiger partial charge in [0.05, 0.1) is 18.1 Å². The van der Waals surface area contributed by atoms with Crippen molar-refractivity contribution in [2.45, 2.75) is 24.8 Å². The van der Waals surface area contributed by atoms with E-state index in [9.17, 15) is 16.4 Å². The van der Waals surface area contributed by atoms with Gasteiger partial charge in [0.25, 0.3) is 0 Å². The van der Waals surface area contributed by atoms with Crippen molar-refractivity contribution in [2.24, 2.45) is 0 Å². The number of rotatable bonds is 5. The van der Waals surface area contributed by atoms with E-state index < -0.39 is 31.7 Å². The van der Waals surface area contributed by atoms with Crippen LogP contribution < -0.4 is 26.4 Å². The van der Waals surface area contributed by atoms with E-state index in [4.69, 9.17) is 9.47 Å². The van der Waals surface area contributed by atoms with E-state index in [0.717, 1.165) is 20.4 Å². The van der Waals surface area contributed by atoms with Gasteiger partial charge in [0, 0.05) is 12.7 Å². The third kappa shape index (κ3) is 6.90. The molecule has 0 aliphatic rings. The first-order chi connectivity index (χ1) is 11.7. The monoisotopic (exact) mass is 480 g/mol. The number of ether oxygens (including phenoxy) is 2. The minimum Gasteiger partial charge on any atom is -0.744 e. The minimum atomic E-state index is -4.27. The Kier molecular flexibility index (Phi) is 8.80. The summed E-state index contributed by atoms with van der Waals surface area (Å²) >= 11 is -0.906. The Bertz CT molecular complexity index is 774. The first-order valence-electron chi connectivity index (χ1n) is 7.24. The van der Waals surface area contributed by atoms with Crippen LogP contribution in [0.5, 0.6) is 5.75 Å². The molecule has 0 saturated heterocycles. The van der Waals surface area contributed by atoms with Crippen molar-refractivity contribution < 1.29 is 47.5 Å². The van der Waals surface area contributed by atoms with E-state index >= 15 is 0 Å². The molecule has 0 aliphatic carbocycles. The molecular weight excluding hydrogens is 459 g/mol. The van der Waals surface area contributed by atoms with Gasteiger partial charge in [-0.25, -0.2) is 8.42 Å². The molecule has 1 atom stereocenters. The molecule has 0 aromatic heterocycles. The summed E-state index contributed by atoms with van der Waals surface area (Å²) in [4.78, 5) is -0.178. The third-order valence-corrected chi connectivity index (χ3v) is 5.75. The average Bonchev–Trinajstić information content (AvgIpc) is 2.60. The van der Waals surface area contributed by atoms with Gasteiger partial charge in [-0.05, 0) is 44.2 Å². The fourth-order valence-corrected chi connectivity index (χ4v) is 3.55. The summed E-state index contributed by atoms with van der Waals surface area (Å²) in [5, 5.41) is 0. The highest BCUT2D eigenvalue weighted by Crippen LogP contribution is 2.20. The van der Waals surface area contributed by atoms with Crippen LogP contribution in [0.4, 0.5) is 0 Å². The standard InChI is InChI=1S/C10H14IO3.C7H8O3S/c1-7(13-2)9-6-8(14-3)4-5-10(9)11-12;1-6-2-4-7(5-3-6)11(8,9)10/h4-7,12H,1-3H3;2-5H,1H3,(H,8,9,10)/q+1;/p-1/t7-;/m0./s1. The lowest BCUT2D eigenvalue weighted by molar-refractivity contribution is -0.867. The fourth-order valence-electron chi connectivity index (χ4n) is 1.87. The van der Waals surface area contributed by atoms with Crippen molar-refractivity contribution in [3.63, 3.8) is 0 Å². The van der Waals surface area contributed by atoms with E-state index in [0.29, 0.717) is 0 Å². The van der Waals surface area contributed by atoms with Crippen LogP contribution in [0.2, 0.25) is 0 Å². The topological polar surface area (TPSA) is 95.9 Å². The van der Waals surface area contributed by atoms with Gasteiger partial charge in [0.2, 0.25) is 3.57 Å². The summed E-state index contributed by atoms with van der Waals surface area (Å²) in [7, 11) is -0.984. The maximum atomic E-state index is 10.4. The quantitative estimate of drug-likeness (QED) is 0.457. The molecule has 0 saturated carbocycles. The van der Waals surface area contributed by atoms with E-state index in [1.807, 2.05) is 32.0 Å². The Morgan fingerprint density at radius 2 is 1.72 bits per heavy atom. The summed E-state index contributed by atoms with van der Waals surface area (Å²) in [6, 6.07) is 11.5. The van der Waals surface area contributed by atoms with Gasteiger partial charge in [0.15, 0.2) is 0 Å². The van der Waals surface area contributed by atoms with Gasteiger partial charge in [-0.15, -0.1) is 0 Å². The predicted molar refractivity (Wildman–Crippen MR) is 88.5 cm³/mol. The van der Waals surface area contributed by atoms with Crippen LogP contribution in [-0.4, -0.2) is 30.6 Å². The number of hydrogen-bond donors (Lipinski definition) is 1. The highest BCUT2D eigenvalue weighted by atomic mass is 127. The number of halogens is 1. The normalized spacial score (nSPS) is 12.1. The lowest BCUT2D eigenvalue weighted by atomic mass is 10.1. The Labute approximate surface area is 159 Å². The second kappa shape index (κ2) is 10.1. The molecule has 6 nitrogen and oxygen atoms in total. The van der Waals surface area contributed by atoms with Crippen molar-refractivity contribution in [3.05, 3.63) is 57.2 Å². The van der Waals surface area contributed by atoms with Crippen LogP contribution in [0.25, 0.3) is 0 Å². The van der Waals surface area contributed by atoms with Gasteiger partial charge in [-0.1, -0.05) is 17.7 Å². The Morgan fingerprint density at radius 3 is 2.16 bits per heavy atom. The Balaban J connectivity index is 0.000000257. The second-order valence-electron chi connectivity index (χ2n) is 5.12. The average molecular weight is 480 g/mol. The van der Waals surface area contributed by atoms with Crippen molar-refractivity contribution >= 4 is 10.1 Å². The Hall–Kier alpha value is -1.20. The van der Waals surface area contributed by atoms with Crippen LogP contribution in [-0.2, 0) is 14.9 Å². The molecule has 0 fully saturated rings. The summed E-state index contributed by atoms with van der Waals surface area (Å²) in [5.41, 5.74) is 1.94. The Morgan fingerprint density at radius 1 is 1.12 bits per heavy atom. The maximum absolute atomic E-state index is 10.4. The molecule has 0 heterocycles. The lowest BCUT2D eigenvalue weighted by Crippen LogP contribution is -3.61. The highest BCUT2D eigenvalue weighted by molar-refractivity contribution is 7.85. The summed E-state index contributed by atoms with van der Waals surface area (Å²) in [6.45, 7) is 3.78. The zero-order valence-corrected chi connectivity index (χ0v) is 17.4. The zero-order chi connectivity index (χ0) is 19.0. The molecule has 0 unspecified atom stereocenters. The molecule has 138 valence electrons. The van der Waals surface area contributed by atoms with Crippen LogP contribution in [0, 0.1) is 10.5 Å². The van der Waals surface area contributed by atoms with Gasteiger partial charge in [-0.3, -0.25) is 0 Å². The predicted octanol–water partition coefficient (Wildman–Crippen LogP) is -0.532. The van der Waals surface area contributed by atoms with Crippen molar-refractivity contribution in [2.75, 3.05) is 14.2 Å². The molecule has 25 heavy (non-hydrogen) atoms. The van der Waals surface area contributed by atoms with Gasteiger partial charge >= 0.3 is 21.6 Å².